The number of rotatable bonds is 2. The predicted molar refractivity (Wildman–Crippen MR) is 53.7 cm³/mol. The molecule has 0 aromatic carbocycles. The van der Waals surface area contributed by atoms with E-state index >= 15 is 0 Å². The highest BCUT2D eigenvalue weighted by Crippen LogP contribution is 2.37. The number of anilines is 1. The van der Waals surface area contributed by atoms with Crippen LogP contribution in [-0.2, 0) is 9.84 Å². The van der Waals surface area contributed by atoms with Crippen molar-refractivity contribution >= 4 is 27.4 Å². The minimum absolute atomic E-state index is 0.311. The average Bonchev–Trinajstić information content (AvgIpc) is 2.04. The third-order valence-corrected chi connectivity index (χ3v) is 3.31. The van der Waals surface area contributed by atoms with Crippen molar-refractivity contribution in [3.05, 3.63) is 12.3 Å². The first-order valence-electron chi connectivity index (χ1n) is 3.81. The Morgan fingerprint density at radius 1 is 1.44 bits per heavy atom. The Hall–Kier alpha value is -0.960. The Labute approximate surface area is 94.0 Å². The molecule has 1 rings (SSSR count). The molecular weight excluding hydrogens is 265 g/mol. The number of nitrogens with zero attached hydrogens (tertiary/aromatic N) is 1. The largest absolute Gasteiger partial charge is 0.446 e. The first-order valence-corrected chi connectivity index (χ1v) is 6.52. The van der Waals surface area contributed by atoms with Crippen LogP contribution in [0.25, 0.3) is 0 Å². The number of sulfone groups is 1. The quantitative estimate of drug-likeness (QED) is 0.829. The van der Waals surface area contributed by atoms with Crippen molar-refractivity contribution < 1.29 is 21.6 Å². The van der Waals surface area contributed by atoms with Gasteiger partial charge in [0.15, 0.2) is 9.84 Å². The summed E-state index contributed by atoms with van der Waals surface area (Å²) in [7, 11) is -3.68. The maximum Gasteiger partial charge on any atom is 0.446 e. The SMILES string of the molecule is CS(=O)(=O)c1cc(SC(F)(F)F)cnc1N. The Bertz CT molecular complexity index is 499. The Morgan fingerprint density at radius 2 is 2.00 bits per heavy atom. The van der Waals surface area contributed by atoms with Crippen LogP contribution in [0.1, 0.15) is 0 Å². The van der Waals surface area contributed by atoms with E-state index in [9.17, 15) is 21.6 Å². The molecule has 0 amide bonds. The summed E-state index contributed by atoms with van der Waals surface area (Å²) >= 11 is -0.443. The summed E-state index contributed by atoms with van der Waals surface area (Å²) in [6, 6.07) is 0.857. The van der Waals surface area contributed by atoms with Crippen LogP contribution >= 0.6 is 11.8 Å². The molecule has 0 bridgehead atoms. The lowest BCUT2D eigenvalue weighted by atomic mass is 10.5. The fourth-order valence-electron chi connectivity index (χ4n) is 0.924. The van der Waals surface area contributed by atoms with Crippen molar-refractivity contribution in [1.29, 1.82) is 0 Å². The molecule has 0 fully saturated rings. The third-order valence-electron chi connectivity index (χ3n) is 1.49. The zero-order chi connectivity index (χ0) is 12.6. The van der Waals surface area contributed by atoms with Crippen molar-refractivity contribution in [2.45, 2.75) is 15.3 Å². The number of hydrogen-bond acceptors (Lipinski definition) is 5. The molecule has 4 nitrogen and oxygen atoms in total. The van der Waals surface area contributed by atoms with E-state index < -0.39 is 32.0 Å². The lowest BCUT2D eigenvalue weighted by Crippen LogP contribution is -2.06. The van der Waals surface area contributed by atoms with E-state index in [4.69, 9.17) is 5.73 Å². The zero-order valence-electron chi connectivity index (χ0n) is 7.95. The summed E-state index contributed by atoms with van der Waals surface area (Å²) in [6.45, 7) is 0. The number of pyridine rings is 1. The molecule has 0 saturated heterocycles. The van der Waals surface area contributed by atoms with Gasteiger partial charge < -0.3 is 5.73 Å². The van der Waals surface area contributed by atoms with Gasteiger partial charge in [-0.1, -0.05) is 0 Å². The topological polar surface area (TPSA) is 73.0 Å². The number of nitrogens with two attached hydrogens (primary N) is 1. The van der Waals surface area contributed by atoms with Crippen molar-refractivity contribution in [2.24, 2.45) is 0 Å². The molecule has 0 aliphatic heterocycles. The smallest absolute Gasteiger partial charge is 0.383 e. The van der Waals surface area contributed by atoms with E-state index in [1.165, 1.54) is 0 Å². The summed E-state index contributed by atoms with van der Waals surface area (Å²) in [5, 5.41) is 0. The molecule has 9 heteroatoms. The zero-order valence-corrected chi connectivity index (χ0v) is 9.58. The van der Waals surface area contributed by atoms with Gasteiger partial charge in [0.2, 0.25) is 0 Å². The number of nitrogen functional groups attached to an aromatic ring is 1. The fraction of sp³-hybridized carbons (Fsp3) is 0.286. The maximum absolute atomic E-state index is 12.0. The van der Waals surface area contributed by atoms with Crippen LogP contribution in [0.4, 0.5) is 19.0 Å². The van der Waals surface area contributed by atoms with Gasteiger partial charge in [-0.15, -0.1) is 0 Å². The van der Waals surface area contributed by atoms with Gasteiger partial charge in [-0.2, -0.15) is 13.2 Å². The molecule has 0 aliphatic rings. The van der Waals surface area contributed by atoms with Crippen molar-refractivity contribution in [3.63, 3.8) is 0 Å². The van der Waals surface area contributed by atoms with Crippen LogP contribution in [0.3, 0.4) is 0 Å². The van der Waals surface area contributed by atoms with Crippen LogP contribution in [-0.4, -0.2) is 25.2 Å². The Morgan fingerprint density at radius 3 is 2.44 bits per heavy atom. The van der Waals surface area contributed by atoms with Gasteiger partial charge in [-0.3, -0.25) is 0 Å². The minimum Gasteiger partial charge on any atom is -0.383 e. The highest BCUT2D eigenvalue weighted by Gasteiger charge is 2.30. The Balaban J connectivity index is 3.19. The van der Waals surface area contributed by atoms with Gasteiger partial charge in [0, 0.05) is 17.3 Å². The van der Waals surface area contributed by atoms with Gasteiger partial charge in [0.25, 0.3) is 0 Å². The number of aromatic nitrogens is 1. The standard InChI is InChI=1S/C7H7F3N2O2S2/c1-16(13,14)5-2-4(3-12-6(5)11)15-7(8,9)10/h2-3H,1H3,(H2,11,12). The van der Waals surface area contributed by atoms with E-state index in [2.05, 4.69) is 4.98 Å². The second kappa shape index (κ2) is 4.13. The molecule has 0 atom stereocenters. The molecular formula is C7H7F3N2O2S2. The summed E-state index contributed by atoms with van der Waals surface area (Å²) in [6.07, 6.45) is 1.73. The molecule has 2 N–H and O–H groups in total. The summed E-state index contributed by atoms with van der Waals surface area (Å²) < 4.78 is 58.4. The molecule has 1 aromatic heterocycles. The van der Waals surface area contributed by atoms with E-state index in [0.717, 1.165) is 18.5 Å². The van der Waals surface area contributed by atoms with Crippen LogP contribution in [0.2, 0.25) is 0 Å². The monoisotopic (exact) mass is 272 g/mol. The third kappa shape index (κ3) is 3.56. The average molecular weight is 272 g/mol. The molecule has 1 aromatic rings. The molecule has 0 aliphatic carbocycles. The van der Waals surface area contributed by atoms with E-state index in [-0.39, 0.29) is 10.7 Å². The van der Waals surface area contributed by atoms with Crippen molar-refractivity contribution in [2.75, 3.05) is 12.0 Å². The lowest BCUT2D eigenvalue weighted by Gasteiger charge is -2.07. The summed E-state index contributed by atoms with van der Waals surface area (Å²) in [4.78, 5) is 2.69. The van der Waals surface area contributed by atoms with E-state index in [1.54, 1.807) is 0 Å². The molecule has 0 unspecified atom stereocenters. The van der Waals surface area contributed by atoms with Crippen LogP contribution < -0.4 is 5.73 Å². The molecule has 1 heterocycles. The second-order valence-electron chi connectivity index (χ2n) is 2.87. The van der Waals surface area contributed by atoms with Crippen LogP contribution in [0.5, 0.6) is 0 Å². The van der Waals surface area contributed by atoms with E-state index in [0.29, 0.717) is 0 Å². The van der Waals surface area contributed by atoms with Gasteiger partial charge >= 0.3 is 5.51 Å². The second-order valence-corrected chi connectivity index (χ2v) is 6.00. The fourth-order valence-corrected chi connectivity index (χ4v) is 2.32. The highest BCUT2D eigenvalue weighted by molar-refractivity contribution is 8.00. The molecule has 16 heavy (non-hydrogen) atoms. The van der Waals surface area contributed by atoms with E-state index in [1.807, 2.05) is 0 Å². The molecule has 90 valence electrons. The maximum atomic E-state index is 12.0. The van der Waals surface area contributed by atoms with Crippen molar-refractivity contribution in [1.82, 2.24) is 4.98 Å². The van der Waals surface area contributed by atoms with Gasteiger partial charge in [-0.25, -0.2) is 13.4 Å². The number of halogens is 3. The predicted octanol–water partition coefficient (Wildman–Crippen LogP) is 1.68. The highest BCUT2D eigenvalue weighted by atomic mass is 32.2. The van der Waals surface area contributed by atoms with Gasteiger partial charge in [-0.05, 0) is 17.8 Å². The van der Waals surface area contributed by atoms with Crippen LogP contribution in [0.15, 0.2) is 22.1 Å². The molecule has 0 radical (unpaired) electrons. The lowest BCUT2D eigenvalue weighted by molar-refractivity contribution is -0.0328. The molecule has 0 saturated carbocycles. The number of hydrogen-bond donors (Lipinski definition) is 1. The number of thioether (sulfide) groups is 1. The number of alkyl halides is 3. The minimum atomic E-state index is -4.49. The van der Waals surface area contributed by atoms with Crippen molar-refractivity contribution in [3.8, 4) is 0 Å². The van der Waals surface area contributed by atoms with Gasteiger partial charge in [0.05, 0.1) is 0 Å². The van der Waals surface area contributed by atoms with Crippen LogP contribution in [0, 0.1) is 0 Å². The first-order chi connectivity index (χ1) is 7.09. The molecule has 0 spiro atoms. The summed E-state index contributed by atoms with van der Waals surface area (Å²) in [5.41, 5.74) is 0.765. The van der Waals surface area contributed by atoms with Gasteiger partial charge in [0.1, 0.15) is 10.7 Å². The Kier molecular flexibility index (Phi) is 3.38. The first kappa shape index (κ1) is 13.1. The summed E-state index contributed by atoms with van der Waals surface area (Å²) in [5.74, 6) is -0.311. The normalized spacial score (nSPS) is 12.8.